The highest BCUT2D eigenvalue weighted by Crippen LogP contribution is 2.34. The van der Waals surface area contributed by atoms with Crippen LogP contribution in [-0.4, -0.2) is 5.78 Å². The smallest absolute Gasteiger partial charge is 0.232 e. The molecule has 0 spiro atoms. The van der Waals surface area contributed by atoms with Gasteiger partial charge in [-0.25, -0.2) is 0 Å². The minimum absolute atomic E-state index is 0.157. The van der Waals surface area contributed by atoms with E-state index in [1.54, 1.807) is 36.4 Å². The van der Waals surface area contributed by atoms with Crippen LogP contribution in [0.15, 0.2) is 69.2 Å². The van der Waals surface area contributed by atoms with Crippen LogP contribution in [-0.2, 0) is 0 Å². The van der Waals surface area contributed by atoms with Gasteiger partial charge in [0.2, 0.25) is 5.78 Å². The van der Waals surface area contributed by atoms with Gasteiger partial charge in [-0.05, 0) is 54.6 Å². The molecule has 0 radical (unpaired) electrons. The van der Waals surface area contributed by atoms with E-state index in [2.05, 4.69) is 15.9 Å². The minimum atomic E-state index is -0.157. The molecule has 1 aromatic heterocycles. The lowest BCUT2D eigenvalue weighted by molar-refractivity contribution is 0.101. The zero-order valence-electron chi connectivity index (χ0n) is 12.3. The van der Waals surface area contributed by atoms with Gasteiger partial charge in [-0.1, -0.05) is 27.5 Å². The second-order valence-corrected chi connectivity index (χ2v) is 6.64. The molecule has 5 heteroatoms. The molecule has 0 atom stereocenters. The summed E-state index contributed by atoms with van der Waals surface area (Å²) in [4.78, 5) is 12.4. The molecule has 1 aliphatic heterocycles. The Morgan fingerprint density at radius 3 is 2.58 bits per heavy atom. The number of ketones is 1. The van der Waals surface area contributed by atoms with Crippen LogP contribution in [0, 0.1) is 0 Å². The molecule has 0 aliphatic carbocycles. The van der Waals surface area contributed by atoms with E-state index < -0.39 is 0 Å². The predicted octanol–water partition coefficient (Wildman–Crippen LogP) is 5.98. The highest BCUT2D eigenvalue weighted by Gasteiger charge is 2.27. The summed E-state index contributed by atoms with van der Waals surface area (Å²) in [6.07, 6.45) is 1.61. The molecular formula is C19H10BrClO3. The van der Waals surface area contributed by atoms with Crippen LogP contribution in [0.4, 0.5) is 0 Å². The van der Waals surface area contributed by atoms with Crippen molar-refractivity contribution in [2.24, 2.45) is 0 Å². The van der Waals surface area contributed by atoms with E-state index in [1.165, 1.54) is 0 Å². The van der Waals surface area contributed by atoms with Crippen LogP contribution >= 0.6 is 27.5 Å². The zero-order chi connectivity index (χ0) is 16.7. The summed E-state index contributed by atoms with van der Waals surface area (Å²) in [5, 5.41) is 0.668. The number of benzene rings is 2. The van der Waals surface area contributed by atoms with Crippen molar-refractivity contribution in [3.05, 3.63) is 81.2 Å². The molecule has 2 heterocycles. The number of carbonyl (C=O) groups is 1. The maximum Gasteiger partial charge on any atom is 0.232 e. The van der Waals surface area contributed by atoms with E-state index in [0.29, 0.717) is 27.9 Å². The molecule has 0 amide bonds. The number of rotatable bonds is 2. The molecule has 3 nitrogen and oxygen atoms in total. The number of Topliss-reactive ketones (excluding diaryl/α,β-unsaturated/α-hetero) is 1. The molecule has 1 aliphatic rings. The first-order chi connectivity index (χ1) is 11.6. The molecule has 0 fully saturated rings. The fourth-order valence-electron chi connectivity index (χ4n) is 2.49. The highest BCUT2D eigenvalue weighted by molar-refractivity contribution is 9.10. The van der Waals surface area contributed by atoms with Gasteiger partial charge in [0, 0.05) is 21.1 Å². The Bertz CT molecular complexity index is 971. The molecule has 24 heavy (non-hydrogen) atoms. The van der Waals surface area contributed by atoms with Gasteiger partial charge in [0.1, 0.15) is 17.3 Å². The summed E-state index contributed by atoms with van der Waals surface area (Å²) in [5.41, 5.74) is 1.45. The fourth-order valence-corrected chi connectivity index (χ4v) is 2.98. The summed E-state index contributed by atoms with van der Waals surface area (Å²) >= 11 is 9.25. The summed E-state index contributed by atoms with van der Waals surface area (Å²) in [5.74, 6) is 1.90. The van der Waals surface area contributed by atoms with Crippen molar-refractivity contribution in [3.8, 4) is 17.1 Å². The van der Waals surface area contributed by atoms with Crippen LogP contribution in [0.25, 0.3) is 17.4 Å². The lowest BCUT2D eigenvalue weighted by Gasteiger charge is -1.98. The normalized spacial score (nSPS) is 14.8. The third kappa shape index (κ3) is 2.79. The number of allylic oxidation sites excluding steroid dienone is 1. The predicted molar refractivity (Wildman–Crippen MR) is 96.2 cm³/mol. The summed E-state index contributed by atoms with van der Waals surface area (Å²) in [6, 6.07) is 16.3. The number of furan rings is 1. The van der Waals surface area contributed by atoms with E-state index in [9.17, 15) is 4.79 Å². The Morgan fingerprint density at radius 1 is 1.00 bits per heavy atom. The first-order valence-corrected chi connectivity index (χ1v) is 8.37. The SMILES string of the molecule is O=C1/C(=C/c2ccc(-c3ccc(Cl)cc3)o2)Oc2ccc(Br)cc21. The molecule has 118 valence electrons. The largest absolute Gasteiger partial charge is 0.457 e. The zero-order valence-corrected chi connectivity index (χ0v) is 14.6. The van der Waals surface area contributed by atoms with E-state index in [-0.39, 0.29) is 11.5 Å². The van der Waals surface area contributed by atoms with Crippen molar-refractivity contribution < 1.29 is 13.9 Å². The number of carbonyl (C=O) groups excluding carboxylic acids is 1. The van der Waals surface area contributed by atoms with Gasteiger partial charge in [-0.3, -0.25) is 4.79 Å². The summed E-state index contributed by atoms with van der Waals surface area (Å²) in [6.45, 7) is 0. The fraction of sp³-hybridized carbons (Fsp3) is 0. The van der Waals surface area contributed by atoms with Gasteiger partial charge >= 0.3 is 0 Å². The van der Waals surface area contributed by atoms with E-state index in [4.69, 9.17) is 20.8 Å². The van der Waals surface area contributed by atoms with Crippen molar-refractivity contribution in [1.29, 1.82) is 0 Å². The van der Waals surface area contributed by atoms with Crippen molar-refractivity contribution in [2.75, 3.05) is 0 Å². The van der Waals surface area contributed by atoms with Gasteiger partial charge < -0.3 is 9.15 Å². The molecule has 0 bridgehead atoms. The summed E-state index contributed by atoms with van der Waals surface area (Å²) < 4.78 is 12.2. The number of halogens is 2. The molecule has 3 aromatic rings. The van der Waals surface area contributed by atoms with E-state index >= 15 is 0 Å². The monoisotopic (exact) mass is 400 g/mol. The van der Waals surface area contributed by atoms with E-state index in [1.807, 2.05) is 24.3 Å². The van der Waals surface area contributed by atoms with Crippen molar-refractivity contribution in [3.63, 3.8) is 0 Å². The van der Waals surface area contributed by atoms with Crippen LogP contribution in [0.5, 0.6) is 5.75 Å². The maximum atomic E-state index is 12.4. The Balaban J connectivity index is 1.63. The second kappa shape index (κ2) is 5.96. The second-order valence-electron chi connectivity index (χ2n) is 5.29. The number of ether oxygens (including phenoxy) is 1. The molecular weight excluding hydrogens is 392 g/mol. The molecule has 4 rings (SSSR count). The Kier molecular flexibility index (Phi) is 3.79. The first kappa shape index (κ1) is 15.2. The third-order valence-corrected chi connectivity index (χ3v) is 4.40. The Labute approximate surface area is 151 Å². The lowest BCUT2D eigenvalue weighted by Crippen LogP contribution is -1.97. The average molecular weight is 402 g/mol. The first-order valence-electron chi connectivity index (χ1n) is 7.20. The van der Waals surface area contributed by atoms with Crippen molar-refractivity contribution in [1.82, 2.24) is 0 Å². The van der Waals surface area contributed by atoms with Crippen LogP contribution < -0.4 is 4.74 Å². The molecule has 0 N–H and O–H groups in total. The number of hydrogen-bond donors (Lipinski definition) is 0. The van der Waals surface area contributed by atoms with Crippen LogP contribution in [0.3, 0.4) is 0 Å². The topological polar surface area (TPSA) is 39.4 Å². The van der Waals surface area contributed by atoms with Gasteiger partial charge in [0.25, 0.3) is 0 Å². The molecule has 0 saturated carbocycles. The third-order valence-electron chi connectivity index (χ3n) is 3.66. The standard InChI is InChI=1S/C19H10BrClO3/c20-12-3-7-17-15(9-12)19(22)18(24-17)10-14-6-8-16(23-14)11-1-4-13(21)5-2-11/h1-10H/b18-10-. The van der Waals surface area contributed by atoms with Gasteiger partial charge in [-0.2, -0.15) is 0 Å². The lowest BCUT2D eigenvalue weighted by atomic mass is 10.1. The average Bonchev–Trinajstić information content (AvgIpc) is 3.15. The van der Waals surface area contributed by atoms with Gasteiger partial charge in [0.05, 0.1) is 5.56 Å². The highest BCUT2D eigenvalue weighted by atomic mass is 79.9. The molecule has 0 unspecified atom stereocenters. The minimum Gasteiger partial charge on any atom is -0.457 e. The van der Waals surface area contributed by atoms with Gasteiger partial charge in [0.15, 0.2) is 5.76 Å². The number of hydrogen-bond acceptors (Lipinski definition) is 3. The quantitative estimate of drug-likeness (QED) is 0.496. The van der Waals surface area contributed by atoms with Gasteiger partial charge in [-0.15, -0.1) is 0 Å². The van der Waals surface area contributed by atoms with Crippen LogP contribution in [0.2, 0.25) is 5.02 Å². The summed E-state index contributed by atoms with van der Waals surface area (Å²) in [7, 11) is 0. The maximum absolute atomic E-state index is 12.4. The van der Waals surface area contributed by atoms with E-state index in [0.717, 1.165) is 10.0 Å². The van der Waals surface area contributed by atoms with Crippen molar-refractivity contribution in [2.45, 2.75) is 0 Å². The Morgan fingerprint density at radius 2 is 1.79 bits per heavy atom. The molecule has 0 saturated heterocycles. The van der Waals surface area contributed by atoms with Crippen molar-refractivity contribution >= 4 is 39.4 Å². The van der Waals surface area contributed by atoms with Crippen LogP contribution in [0.1, 0.15) is 16.1 Å². The molecule has 2 aromatic carbocycles. The number of fused-ring (bicyclic) bond motifs is 1. The Hall–Kier alpha value is -2.30.